The van der Waals surface area contributed by atoms with Gasteiger partial charge in [-0.05, 0) is 24.3 Å². The molecular formula is C24H18Br2F6N2O5S. The summed E-state index contributed by atoms with van der Waals surface area (Å²) in [7, 11) is -3.79. The molecule has 1 amide bonds. The largest absolute Gasteiger partial charge is 0.573 e. The third-order valence-corrected chi connectivity index (χ3v) is 7.21. The molecule has 2 aromatic carbocycles. The van der Waals surface area contributed by atoms with Crippen molar-refractivity contribution in [3.05, 3.63) is 62.0 Å². The highest BCUT2D eigenvalue weighted by molar-refractivity contribution is 9.11. The molecule has 1 heterocycles. The molecular weight excluding hydrogens is 702 g/mol. The van der Waals surface area contributed by atoms with Crippen molar-refractivity contribution in [3.63, 3.8) is 0 Å². The minimum absolute atomic E-state index is 0.172. The molecule has 0 aromatic heterocycles. The van der Waals surface area contributed by atoms with Gasteiger partial charge in [-0.2, -0.15) is 13.2 Å². The van der Waals surface area contributed by atoms with Gasteiger partial charge in [0.1, 0.15) is 11.5 Å². The Labute approximate surface area is 241 Å². The van der Waals surface area contributed by atoms with Crippen molar-refractivity contribution < 1.29 is 49.1 Å². The topological polar surface area (TPSA) is 85.3 Å². The molecule has 3 rings (SSSR count). The number of hydrogen-bond acceptors (Lipinski definition) is 6. The van der Waals surface area contributed by atoms with E-state index in [-0.39, 0.29) is 22.4 Å². The van der Waals surface area contributed by atoms with Crippen LogP contribution in [-0.2, 0) is 31.6 Å². The van der Waals surface area contributed by atoms with Gasteiger partial charge in [0, 0.05) is 38.3 Å². The van der Waals surface area contributed by atoms with Crippen LogP contribution in [-0.4, -0.2) is 56.0 Å². The van der Waals surface area contributed by atoms with E-state index in [1.165, 1.54) is 24.3 Å². The standard InChI is InChI=1S/C24H18Br2F6N2O5S/c1-3-6-34(21(35)13-40(2,36)37)12-15-5-4-14(7-20(15)38-24(30,31)32)19-11-22(39-33-19,23(27,28)29)16-8-17(25)10-18(26)9-16/h1,4-5,7-10H,6,11-13H2,2H3. The summed E-state index contributed by atoms with van der Waals surface area (Å²) in [5, 5.41) is 3.56. The molecule has 1 atom stereocenters. The number of hydrogen-bond donors (Lipinski definition) is 0. The number of nitrogens with zero attached hydrogens (tertiary/aromatic N) is 2. The molecule has 7 nitrogen and oxygen atoms in total. The summed E-state index contributed by atoms with van der Waals surface area (Å²) in [6.45, 7) is -1.01. The predicted molar refractivity (Wildman–Crippen MR) is 139 cm³/mol. The van der Waals surface area contributed by atoms with E-state index in [9.17, 15) is 39.6 Å². The molecule has 16 heteroatoms. The van der Waals surface area contributed by atoms with Gasteiger partial charge in [-0.1, -0.05) is 55.1 Å². The van der Waals surface area contributed by atoms with E-state index in [4.69, 9.17) is 11.3 Å². The highest BCUT2D eigenvalue weighted by Crippen LogP contribution is 2.50. The number of benzene rings is 2. The Morgan fingerprint density at radius 2 is 1.77 bits per heavy atom. The average molecular weight is 720 g/mol. The molecule has 1 unspecified atom stereocenters. The molecule has 216 valence electrons. The third kappa shape index (κ3) is 7.70. The minimum atomic E-state index is -5.21. The first-order chi connectivity index (χ1) is 18.3. The molecule has 0 N–H and O–H groups in total. The molecule has 1 aliphatic heterocycles. The summed E-state index contributed by atoms with van der Waals surface area (Å²) in [6.07, 6.45) is -5.04. The van der Waals surface area contributed by atoms with Gasteiger partial charge in [-0.3, -0.25) is 4.79 Å². The zero-order chi connectivity index (χ0) is 30.1. The Morgan fingerprint density at radius 3 is 2.30 bits per heavy atom. The molecule has 0 saturated heterocycles. The lowest BCUT2D eigenvalue weighted by atomic mass is 9.86. The van der Waals surface area contributed by atoms with Gasteiger partial charge in [-0.15, -0.1) is 19.6 Å². The number of terminal acetylenes is 1. The number of halogens is 8. The van der Waals surface area contributed by atoms with Gasteiger partial charge in [0.25, 0.3) is 5.60 Å². The molecule has 2 aromatic rings. The zero-order valence-electron chi connectivity index (χ0n) is 20.2. The van der Waals surface area contributed by atoms with Crippen molar-refractivity contribution in [3.8, 4) is 18.1 Å². The fourth-order valence-corrected chi connectivity index (χ4v) is 5.72. The second-order valence-electron chi connectivity index (χ2n) is 8.68. The van der Waals surface area contributed by atoms with E-state index >= 15 is 0 Å². The molecule has 0 saturated carbocycles. The summed E-state index contributed by atoms with van der Waals surface area (Å²) in [4.78, 5) is 18.2. The summed E-state index contributed by atoms with van der Waals surface area (Å²) in [5.74, 6) is -0.636. The Balaban J connectivity index is 2.01. The maximum Gasteiger partial charge on any atom is 0.573 e. The molecule has 1 aliphatic rings. The maximum absolute atomic E-state index is 14.3. The Bertz CT molecular complexity index is 1470. The van der Waals surface area contributed by atoms with E-state index in [1.807, 2.05) is 0 Å². The number of ether oxygens (including phenoxy) is 1. The highest BCUT2D eigenvalue weighted by atomic mass is 79.9. The van der Waals surface area contributed by atoms with Crippen molar-refractivity contribution in [1.29, 1.82) is 0 Å². The minimum Gasteiger partial charge on any atom is -0.405 e. The number of rotatable bonds is 8. The van der Waals surface area contributed by atoms with Crippen LogP contribution < -0.4 is 4.74 Å². The average Bonchev–Trinajstić information content (AvgIpc) is 3.24. The first kappa shape index (κ1) is 31.8. The molecule has 0 spiro atoms. The van der Waals surface area contributed by atoms with Crippen LogP contribution in [0.25, 0.3) is 0 Å². The van der Waals surface area contributed by atoms with Gasteiger partial charge < -0.3 is 14.5 Å². The summed E-state index contributed by atoms with van der Waals surface area (Å²) >= 11 is 6.25. The first-order valence-corrected chi connectivity index (χ1v) is 14.5. The number of carbonyl (C=O) groups is 1. The van der Waals surface area contributed by atoms with Crippen molar-refractivity contribution in [2.75, 3.05) is 18.6 Å². The quantitative estimate of drug-likeness (QED) is 0.258. The molecule has 0 radical (unpaired) electrons. The smallest absolute Gasteiger partial charge is 0.405 e. The normalized spacial score (nSPS) is 17.6. The fraction of sp³-hybridized carbons (Fsp3) is 0.333. The van der Waals surface area contributed by atoms with Crippen molar-refractivity contribution in [2.45, 2.75) is 31.1 Å². The van der Waals surface area contributed by atoms with Gasteiger partial charge >= 0.3 is 12.5 Å². The maximum atomic E-state index is 14.3. The molecule has 0 bridgehead atoms. The molecule has 0 aliphatic carbocycles. The lowest BCUT2D eigenvalue weighted by Gasteiger charge is -2.29. The number of amides is 1. The van der Waals surface area contributed by atoms with Crippen LogP contribution in [0.2, 0.25) is 0 Å². The molecule has 40 heavy (non-hydrogen) atoms. The second-order valence-corrected chi connectivity index (χ2v) is 12.7. The van der Waals surface area contributed by atoms with Crippen LogP contribution in [0.15, 0.2) is 50.5 Å². The van der Waals surface area contributed by atoms with Gasteiger partial charge in [0.2, 0.25) is 5.91 Å². The molecule has 0 fully saturated rings. The van der Waals surface area contributed by atoms with Crippen LogP contribution >= 0.6 is 31.9 Å². The van der Waals surface area contributed by atoms with Crippen molar-refractivity contribution in [1.82, 2.24) is 4.90 Å². The van der Waals surface area contributed by atoms with E-state index in [1.54, 1.807) is 0 Å². The summed E-state index contributed by atoms with van der Waals surface area (Å²) in [6, 6.07) is 6.95. The van der Waals surface area contributed by atoms with Crippen LogP contribution in [0.1, 0.15) is 23.1 Å². The third-order valence-electron chi connectivity index (χ3n) is 5.52. The van der Waals surface area contributed by atoms with Crippen LogP contribution in [0.3, 0.4) is 0 Å². The number of oxime groups is 1. The zero-order valence-corrected chi connectivity index (χ0v) is 24.2. The monoisotopic (exact) mass is 718 g/mol. The Hall–Kier alpha value is -2.77. The first-order valence-electron chi connectivity index (χ1n) is 10.9. The van der Waals surface area contributed by atoms with Crippen LogP contribution in [0, 0.1) is 12.3 Å². The van der Waals surface area contributed by atoms with E-state index in [2.05, 4.69) is 47.7 Å². The number of sulfone groups is 1. The van der Waals surface area contributed by atoms with E-state index in [0.29, 0.717) is 8.95 Å². The van der Waals surface area contributed by atoms with Crippen molar-refractivity contribution >= 4 is 53.3 Å². The van der Waals surface area contributed by atoms with Gasteiger partial charge in [0.05, 0.1) is 18.8 Å². The lowest BCUT2D eigenvalue weighted by molar-refractivity contribution is -0.276. The van der Waals surface area contributed by atoms with Crippen molar-refractivity contribution in [2.24, 2.45) is 5.16 Å². The van der Waals surface area contributed by atoms with Crippen LogP contribution in [0.5, 0.6) is 5.75 Å². The van der Waals surface area contributed by atoms with Gasteiger partial charge in [0.15, 0.2) is 9.84 Å². The lowest BCUT2D eigenvalue weighted by Crippen LogP contribution is -2.42. The predicted octanol–water partition coefficient (Wildman–Crippen LogP) is 5.70. The Morgan fingerprint density at radius 1 is 1.15 bits per heavy atom. The Kier molecular flexibility index (Phi) is 9.22. The van der Waals surface area contributed by atoms with Gasteiger partial charge in [-0.25, -0.2) is 8.42 Å². The second kappa shape index (κ2) is 11.6. The summed E-state index contributed by atoms with van der Waals surface area (Å²) < 4.78 is 110. The van der Waals surface area contributed by atoms with E-state index < -0.39 is 64.9 Å². The fourth-order valence-electron chi connectivity index (χ4n) is 3.79. The number of alkyl halides is 6. The number of carbonyl (C=O) groups excluding carboxylic acids is 1. The SMILES string of the molecule is C#CCN(Cc1ccc(C2=NOC(c3cc(Br)cc(Br)c3)(C(F)(F)F)C2)cc1OC(F)(F)F)C(=O)CS(C)(=O)=O. The summed E-state index contributed by atoms with van der Waals surface area (Å²) in [5.41, 5.74) is -3.97. The highest BCUT2D eigenvalue weighted by Gasteiger charge is 2.62. The van der Waals surface area contributed by atoms with E-state index in [0.717, 1.165) is 23.3 Å². The van der Waals surface area contributed by atoms with Crippen LogP contribution in [0.4, 0.5) is 26.3 Å².